The zero-order valence-corrected chi connectivity index (χ0v) is 15.6. The number of amides is 1. The van der Waals surface area contributed by atoms with Crippen molar-refractivity contribution in [1.29, 1.82) is 0 Å². The summed E-state index contributed by atoms with van der Waals surface area (Å²) in [4.78, 5) is 19.7. The Balaban J connectivity index is 1.40. The maximum absolute atomic E-state index is 12.9. The number of nitrogens with zero attached hydrogens (tertiary/aromatic N) is 2. The van der Waals surface area contributed by atoms with Crippen molar-refractivity contribution in [2.45, 2.75) is 45.2 Å². The zero-order chi connectivity index (χ0) is 17.1. The number of hydrogen-bond donors (Lipinski definition) is 0. The summed E-state index contributed by atoms with van der Waals surface area (Å²) < 4.78 is 0. The smallest absolute Gasteiger partial charge is 0.264 e. The van der Waals surface area contributed by atoms with Crippen LogP contribution in [0.4, 0.5) is 0 Å². The quantitative estimate of drug-likeness (QED) is 0.819. The second-order valence-corrected chi connectivity index (χ2v) is 8.37. The van der Waals surface area contributed by atoms with Gasteiger partial charge in [0.05, 0.1) is 4.88 Å². The van der Waals surface area contributed by atoms with Crippen molar-refractivity contribution in [2.75, 3.05) is 19.6 Å². The second-order valence-electron chi connectivity index (χ2n) is 7.20. The molecule has 0 N–H and O–H groups in total. The van der Waals surface area contributed by atoms with E-state index in [9.17, 15) is 4.79 Å². The lowest BCUT2D eigenvalue weighted by atomic mass is 10.00. The molecule has 1 amide bonds. The van der Waals surface area contributed by atoms with Gasteiger partial charge in [-0.25, -0.2) is 0 Å². The van der Waals surface area contributed by atoms with Gasteiger partial charge in [-0.15, -0.1) is 11.3 Å². The Morgan fingerprint density at radius 2 is 1.68 bits per heavy atom. The SMILES string of the molecule is O=C(c1ccc(CN2CCCCCC2)s1)N1CCc2ccccc2C1. The van der Waals surface area contributed by atoms with Gasteiger partial charge in [-0.2, -0.15) is 0 Å². The number of thiophene rings is 1. The van der Waals surface area contributed by atoms with E-state index in [4.69, 9.17) is 0 Å². The molecule has 4 heteroatoms. The molecule has 1 aromatic heterocycles. The summed E-state index contributed by atoms with van der Waals surface area (Å²) in [6.07, 6.45) is 6.31. The van der Waals surface area contributed by atoms with Crippen LogP contribution in [0, 0.1) is 0 Å². The van der Waals surface area contributed by atoms with Crippen LogP contribution >= 0.6 is 11.3 Å². The molecule has 3 heterocycles. The topological polar surface area (TPSA) is 23.6 Å². The summed E-state index contributed by atoms with van der Waals surface area (Å²) >= 11 is 1.68. The third kappa shape index (κ3) is 3.96. The van der Waals surface area contributed by atoms with Gasteiger partial charge >= 0.3 is 0 Å². The molecule has 0 bridgehead atoms. The first-order valence-corrected chi connectivity index (χ1v) is 10.3. The van der Waals surface area contributed by atoms with E-state index in [1.54, 1.807) is 11.3 Å². The molecule has 0 atom stereocenters. The molecule has 0 aliphatic carbocycles. The third-order valence-corrected chi connectivity index (χ3v) is 6.43. The molecule has 0 unspecified atom stereocenters. The van der Waals surface area contributed by atoms with E-state index in [-0.39, 0.29) is 5.91 Å². The third-order valence-electron chi connectivity index (χ3n) is 5.37. The van der Waals surface area contributed by atoms with Crippen LogP contribution in [0.2, 0.25) is 0 Å². The highest BCUT2D eigenvalue weighted by Crippen LogP contribution is 2.25. The molecule has 1 aromatic carbocycles. The average Bonchev–Trinajstić information content (AvgIpc) is 2.96. The Morgan fingerprint density at radius 3 is 2.48 bits per heavy atom. The minimum Gasteiger partial charge on any atom is -0.333 e. The number of carbonyl (C=O) groups is 1. The lowest BCUT2D eigenvalue weighted by molar-refractivity contribution is 0.0739. The number of rotatable bonds is 3. The molecule has 3 nitrogen and oxygen atoms in total. The Kier molecular flexibility index (Phi) is 5.18. The minimum absolute atomic E-state index is 0.196. The molecule has 2 aliphatic rings. The number of likely N-dealkylation sites (tertiary alicyclic amines) is 1. The van der Waals surface area contributed by atoms with Crippen LogP contribution in [0.1, 0.15) is 51.4 Å². The first-order chi connectivity index (χ1) is 12.3. The maximum atomic E-state index is 12.9. The molecule has 0 saturated carbocycles. The van der Waals surface area contributed by atoms with Crippen molar-refractivity contribution in [3.8, 4) is 0 Å². The van der Waals surface area contributed by atoms with Crippen LogP contribution in [0.3, 0.4) is 0 Å². The number of carbonyl (C=O) groups excluding carboxylic acids is 1. The number of benzene rings is 1. The normalized spacial score (nSPS) is 18.6. The van der Waals surface area contributed by atoms with Gasteiger partial charge in [-0.3, -0.25) is 9.69 Å². The molecule has 2 aromatic rings. The van der Waals surface area contributed by atoms with Crippen molar-refractivity contribution in [3.05, 3.63) is 57.3 Å². The monoisotopic (exact) mass is 354 g/mol. The number of fused-ring (bicyclic) bond motifs is 1. The number of hydrogen-bond acceptors (Lipinski definition) is 3. The molecule has 0 spiro atoms. The van der Waals surface area contributed by atoms with E-state index in [0.717, 1.165) is 30.9 Å². The highest BCUT2D eigenvalue weighted by atomic mass is 32.1. The molecule has 2 aliphatic heterocycles. The highest BCUT2D eigenvalue weighted by molar-refractivity contribution is 7.14. The van der Waals surface area contributed by atoms with Crippen LogP contribution in [-0.2, 0) is 19.5 Å². The molecule has 4 rings (SSSR count). The van der Waals surface area contributed by atoms with Crippen molar-refractivity contribution >= 4 is 17.2 Å². The summed E-state index contributed by atoms with van der Waals surface area (Å²) in [5.74, 6) is 0.196. The van der Waals surface area contributed by atoms with E-state index in [1.807, 2.05) is 11.0 Å². The van der Waals surface area contributed by atoms with Crippen LogP contribution in [-0.4, -0.2) is 35.3 Å². The fraction of sp³-hybridized carbons (Fsp3) is 0.476. The van der Waals surface area contributed by atoms with Gasteiger partial charge in [0.15, 0.2) is 0 Å². The second kappa shape index (κ2) is 7.71. The van der Waals surface area contributed by atoms with Gasteiger partial charge in [0.2, 0.25) is 0 Å². The van der Waals surface area contributed by atoms with E-state index >= 15 is 0 Å². The van der Waals surface area contributed by atoms with Crippen molar-refractivity contribution in [3.63, 3.8) is 0 Å². The predicted molar refractivity (Wildman–Crippen MR) is 103 cm³/mol. The predicted octanol–water partition coefficient (Wildman–Crippen LogP) is 4.32. The van der Waals surface area contributed by atoms with E-state index in [2.05, 4.69) is 35.2 Å². The van der Waals surface area contributed by atoms with Gasteiger partial charge in [-0.05, 0) is 55.6 Å². The molecule has 25 heavy (non-hydrogen) atoms. The van der Waals surface area contributed by atoms with Crippen LogP contribution < -0.4 is 0 Å². The Morgan fingerprint density at radius 1 is 0.920 bits per heavy atom. The summed E-state index contributed by atoms with van der Waals surface area (Å²) in [5.41, 5.74) is 2.68. The Labute approximate surface area is 154 Å². The zero-order valence-electron chi connectivity index (χ0n) is 14.7. The first-order valence-electron chi connectivity index (χ1n) is 9.47. The Bertz CT molecular complexity index is 731. The van der Waals surface area contributed by atoms with Crippen molar-refractivity contribution in [1.82, 2.24) is 9.80 Å². The van der Waals surface area contributed by atoms with Crippen molar-refractivity contribution < 1.29 is 4.79 Å². The van der Waals surface area contributed by atoms with Gasteiger partial charge in [0.25, 0.3) is 5.91 Å². The van der Waals surface area contributed by atoms with Crippen molar-refractivity contribution in [2.24, 2.45) is 0 Å². The van der Waals surface area contributed by atoms with Crippen LogP contribution in [0.25, 0.3) is 0 Å². The fourth-order valence-corrected chi connectivity index (χ4v) is 4.94. The molecule has 1 saturated heterocycles. The van der Waals surface area contributed by atoms with Crippen LogP contribution in [0.15, 0.2) is 36.4 Å². The summed E-state index contributed by atoms with van der Waals surface area (Å²) in [6, 6.07) is 12.7. The largest absolute Gasteiger partial charge is 0.333 e. The molecular formula is C21H26N2OS. The summed E-state index contributed by atoms with van der Waals surface area (Å²) in [7, 11) is 0. The van der Waals surface area contributed by atoms with E-state index < -0.39 is 0 Å². The average molecular weight is 355 g/mol. The molecule has 0 radical (unpaired) electrons. The first kappa shape index (κ1) is 16.8. The van der Waals surface area contributed by atoms with Gasteiger partial charge in [0, 0.05) is 24.5 Å². The van der Waals surface area contributed by atoms with Crippen LogP contribution in [0.5, 0.6) is 0 Å². The van der Waals surface area contributed by atoms with Gasteiger partial charge in [-0.1, -0.05) is 37.1 Å². The van der Waals surface area contributed by atoms with Gasteiger partial charge in [0.1, 0.15) is 0 Å². The standard InChI is InChI=1S/C21H26N2OS/c24-21(23-14-11-17-7-3-4-8-18(17)15-23)20-10-9-19(25-20)16-22-12-5-1-2-6-13-22/h3-4,7-10H,1-2,5-6,11-16H2. The summed E-state index contributed by atoms with van der Waals surface area (Å²) in [5, 5.41) is 0. The lowest BCUT2D eigenvalue weighted by Crippen LogP contribution is -2.35. The molecule has 1 fully saturated rings. The minimum atomic E-state index is 0.196. The Hall–Kier alpha value is -1.65. The fourth-order valence-electron chi connectivity index (χ4n) is 3.92. The maximum Gasteiger partial charge on any atom is 0.264 e. The van der Waals surface area contributed by atoms with E-state index in [1.165, 1.54) is 54.8 Å². The summed E-state index contributed by atoms with van der Waals surface area (Å²) in [6.45, 7) is 4.97. The lowest BCUT2D eigenvalue weighted by Gasteiger charge is -2.28. The molecule has 132 valence electrons. The highest BCUT2D eigenvalue weighted by Gasteiger charge is 2.23. The van der Waals surface area contributed by atoms with E-state index in [0.29, 0.717) is 0 Å². The molecular weight excluding hydrogens is 328 g/mol. The van der Waals surface area contributed by atoms with Gasteiger partial charge < -0.3 is 4.90 Å².